The molecule has 0 fully saturated rings. The monoisotopic (exact) mass is 284 g/mol. The van der Waals surface area contributed by atoms with Crippen molar-refractivity contribution in [3.8, 4) is 0 Å². The summed E-state index contributed by atoms with van der Waals surface area (Å²) in [6, 6.07) is 4.63. The van der Waals surface area contributed by atoms with E-state index in [1.54, 1.807) is 6.07 Å². The molecule has 0 aliphatic heterocycles. The van der Waals surface area contributed by atoms with Crippen LogP contribution in [0.1, 0.15) is 20.3 Å². The highest BCUT2D eigenvalue weighted by Gasteiger charge is 2.08. The first kappa shape index (κ1) is 15.0. The smallest absolute Gasteiger partial charge is 0.339 e. The third-order valence-corrected chi connectivity index (χ3v) is 2.27. The van der Waals surface area contributed by atoms with Crippen LogP contribution in [0.25, 0.3) is 0 Å². The average Bonchev–Trinajstić information content (AvgIpc) is 2.26. The van der Waals surface area contributed by atoms with Gasteiger partial charge in [-0.2, -0.15) is 0 Å². The molecule has 0 spiro atoms. The van der Waals surface area contributed by atoms with Gasteiger partial charge in [-0.1, -0.05) is 11.6 Å². The molecule has 0 aromatic heterocycles. The number of nitrogens with one attached hydrogen (secondary N) is 2. The zero-order valence-electron chi connectivity index (χ0n) is 10.5. The van der Waals surface area contributed by atoms with E-state index in [2.05, 4.69) is 15.6 Å². The molecule has 0 saturated heterocycles. The maximum atomic E-state index is 11.1. The molecule has 0 unspecified atom stereocenters. The topological polar surface area (TPSA) is 84.5 Å². The summed E-state index contributed by atoms with van der Waals surface area (Å²) in [5.41, 5.74) is 3.23. The van der Waals surface area contributed by atoms with Gasteiger partial charge in [0.1, 0.15) is 12.2 Å². The zero-order chi connectivity index (χ0) is 14.4. The minimum absolute atomic E-state index is 0.218. The normalized spacial score (nSPS) is 9.63. The Morgan fingerprint density at radius 2 is 1.95 bits per heavy atom. The predicted molar refractivity (Wildman–Crippen MR) is 70.8 cm³/mol. The fourth-order valence-corrected chi connectivity index (χ4v) is 1.45. The molecule has 0 radical (unpaired) electrons. The molecule has 7 heteroatoms. The molecule has 0 aliphatic rings. The third-order valence-electron chi connectivity index (χ3n) is 1.96. The number of carbonyl (C=O) groups excluding carboxylic acids is 3. The van der Waals surface area contributed by atoms with Gasteiger partial charge in [-0.3, -0.25) is 9.59 Å². The van der Waals surface area contributed by atoms with Crippen molar-refractivity contribution in [2.75, 3.05) is 10.8 Å². The second-order valence-corrected chi connectivity index (χ2v) is 4.24. The minimum atomic E-state index is -0.700. The van der Waals surface area contributed by atoms with Crippen LogP contribution in [-0.2, 0) is 19.2 Å². The van der Waals surface area contributed by atoms with Gasteiger partial charge in [0.2, 0.25) is 5.91 Å². The number of Topliss-reactive ketones (excluding diaryl/α,β-unsaturated/α-hetero) is 1. The lowest BCUT2D eigenvalue weighted by atomic mass is 10.3. The van der Waals surface area contributed by atoms with Gasteiger partial charge in [0.05, 0.1) is 10.7 Å². The van der Waals surface area contributed by atoms with Gasteiger partial charge in [-0.25, -0.2) is 10.3 Å². The van der Waals surface area contributed by atoms with Crippen LogP contribution in [0.2, 0.25) is 5.02 Å². The predicted octanol–water partition coefficient (Wildman–Crippen LogP) is 2.15. The van der Waals surface area contributed by atoms with Gasteiger partial charge >= 0.3 is 5.97 Å². The summed E-state index contributed by atoms with van der Waals surface area (Å²) >= 11 is 5.93. The summed E-state index contributed by atoms with van der Waals surface area (Å²) in [4.78, 5) is 37.3. The second kappa shape index (κ2) is 6.75. The van der Waals surface area contributed by atoms with Crippen molar-refractivity contribution >= 4 is 40.6 Å². The lowest BCUT2D eigenvalue weighted by Crippen LogP contribution is -2.13. The molecule has 102 valence electrons. The van der Waals surface area contributed by atoms with Gasteiger partial charge in [0.25, 0.3) is 0 Å². The highest BCUT2D eigenvalue weighted by atomic mass is 35.5. The van der Waals surface area contributed by atoms with E-state index in [1.807, 2.05) is 0 Å². The fourth-order valence-electron chi connectivity index (χ4n) is 1.23. The SMILES string of the molecule is CC(=O)CC(=O)ONc1ccc(NC(C)=O)cc1Cl. The van der Waals surface area contributed by atoms with Crippen molar-refractivity contribution in [2.45, 2.75) is 20.3 Å². The Hall–Kier alpha value is -2.08. The van der Waals surface area contributed by atoms with Crippen LogP contribution in [0.4, 0.5) is 11.4 Å². The molecular weight excluding hydrogens is 272 g/mol. The fraction of sp³-hybridized carbons (Fsp3) is 0.250. The molecule has 0 aliphatic carbocycles. The highest BCUT2D eigenvalue weighted by molar-refractivity contribution is 6.33. The van der Waals surface area contributed by atoms with Gasteiger partial charge in [-0.05, 0) is 25.1 Å². The van der Waals surface area contributed by atoms with Crippen molar-refractivity contribution in [1.29, 1.82) is 0 Å². The van der Waals surface area contributed by atoms with Gasteiger partial charge in [0, 0.05) is 12.6 Å². The largest absolute Gasteiger partial charge is 0.343 e. The van der Waals surface area contributed by atoms with Crippen LogP contribution in [0, 0.1) is 0 Å². The molecule has 1 aromatic rings. The number of ketones is 1. The Labute approximate surface area is 115 Å². The number of halogens is 1. The number of amides is 1. The lowest BCUT2D eigenvalue weighted by Gasteiger charge is -2.09. The number of hydrogen-bond acceptors (Lipinski definition) is 5. The number of carbonyl (C=O) groups is 3. The first-order valence-corrected chi connectivity index (χ1v) is 5.78. The molecule has 19 heavy (non-hydrogen) atoms. The number of hydrogen-bond donors (Lipinski definition) is 2. The maximum absolute atomic E-state index is 11.1. The standard InChI is InChI=1S/C12H13ClN2O4/c1-7(16)5-12(18)19-15-11-4-3-9(6-10(11)13)14-8(2)17/h3-4,6,15H,5H2,1-2H3,(H,14,17). The van der Waals surface area contributed by atoms with Crippen LogP contribution >= 0.6 is 11.6 Å². The number of rotatable bonds is 5. The molecular formula is C12H13ClN2O4. The highest BCUT2D eigenvalue weighted by Crippen LogP contribution is 2.25. The van der Waals surface area contributed by atoms with E-state index in [1.165, 1.54) is 26.0 Å². The van der Waals surface area contributed by atoms with Crippen LogP contribution in [-0.4, -0.2) is 17.7 Å². The van der Waals surface area contributed by atoms with E-state index in [0.29, 0.717) is 11.4 Å². The van der Waals surface area contributed by atoms with Gasteiger partial charge < -0.3 is 10.2 Å². The first-order chi connectivity index (χ1) is 8.88. The van der Waals surface area contributed by atoms with Crippen molar-refractivity contribution in [3.63, 3.8) is 0 Å². The van der Waals surface area contributed by atoms with Gasteiger partial charge in [0.15, 0.2) is 0 Å². The van der Waals surface area contributed by atoms with E-state index in [9.17, 15) is 14.4 Å². The number of anilines is 2. The summed E-state index contributed by atoms with van der Waals surface area (Å²) < 4.78 is 0. The van der Waals surface area contributed by atoms with E-state index in [0.717, 1.165) is 0 Å². The third kappa shape index (κ3) is 5.39. The van der Waals surface area contributed by atoms with E-state index in [4.69, 9.17) is 11.6 Å². The van der Waals surface area contributed by atoms with Crippen molar-refractivity contribution in [3.05, 3.63) is 23.2 Å². The molecule has 0 bridgehead atoms. The second-order valence-electron chi connectivity index (χ2n) is 3.83. The average molecular weight is 285 g/mol. The van der Waals surface area contributed by atoms with Crippen LogP contribution < -0.4 is 10.8 Å². The lowest BCUT2D eigenvalue weighted by molar-refractivity contribution is -0.143. The van der Waals surface area contributed by atoms with Crippen molar-refractivity contribution in [2.24, 2.45) is 0 Å². The Morgan fingerprint density at radius 1 is 1.26 bits per heavy atom. The van der Waals surface area contributed by atoms with Crippen LogP contribution in [0.3, 0.4) is 0 Å². The molecule has 1 aromatic carbocycles. The van der Waals surface area contributed by atoms with Gasteiger partial charge in [-0.15, -0.1) is 0 Å². The molecule has 0 atom stereocenters. The summed E-state index contributed by atoms with van der Waals surface area (Å²) in [7, 11) is 0. The van der Waals surface area contributed by atoms with Crippen molar-refractivity contribution < 1.29 is 19.2 Å². The van der Waals surface area contributed by atoms with E-state index in [-0.39, 0.29) is 23.1 Å². The quantitative estimate of drug-likeness (QED) is 0.639. The Morgan fingerprint density at radius 3 is 2.47 bits per heavy atom. The molecule has 0 saturated carbocycles. The van der Waals surface area contributed by atoms with E-state index >= 15 is 0 Å². The number of benzene rings is 1. The summed E-state index contributed by atoms with van der Waals surface area (Å²) in [5, 5.41) is 2.83. The summed E-state index contributed by atoms with van der Waals surface area (Å²) in [6.07, 6.45) is -0.311. The molecule has 6 nitrogen and oxygen atoms in total. The summed E-state index contributed by atoms with van der Waals surface area (Å²) in [5.74, 6) is -1.21. The summed E-state index contributed by atoms with van der Waals surface area (Å²) in [6.45, 7) is 2.67. The minimum Gasteiger partial charge on any atom is -0.343 e. The van der Waals surface area contributed by atoms with E-state index < -0.39 is 5.97 Å². The first-order valence-electron chi connectivity index (χ1n) is 5.40. The molecule has 0 heterocycles. The Bertz CT molecular complexity index is 516. The Kier molecular flexibility index (Phi) is 5.32. The molecule has 1 amide bonds. The molecule has 2 N–H and O–H groups in total. The van der Waals surface area contributed by atoms with Crippen LogP contribution in [0.15, 0.2) is 18.2 Å². The Balaban J connectivity index is 2.62. The maximum Gasteiger partial charge on any atom is 0.339 e. The van der Waals surface area contributed by atoms with Crippen LogP contribution in [0.5, 0.6) is 0 Å². The zero-order valence-corrected chi connectivity index (χ0v) is 11.2. The molecule has 1 rings (SSSR count). The van der Waals surface area contributed by atoms with Crippen molar-refractivity contribution in [1.82, 2.24) is 0 Å².